The van der Waals surface area contributed by atoms with E-state index in [-0.39, 0.29) is 0 Å². The lowest BCUT2D eigenvalue weighted by molar-refractivity contribution is 0.309. The Morgan fingerprint density at radius 3 is 2.24 bits per heavy atom. The van der Waals surface area contributed by atoms with Crippen molar-refractivity contribution in [2.45, 2.75) is 6.61 Å². The second-order valence-electron chi connectivity index (χ2n) is 7.24. The molecule has 0 unspecified atom stereocenters. The maximum atomic E-state index is 6.27. The molecule has 0 fully saturated rings. The van der Waals surface area contributed by atoms with Crippen molar-refractivity contribution >= 4 is 34.7 Å². The third kappa shape index (κ3) is 5.04. The normalized spacial score (nSPS) is 11.0. The highest BCUT2D eigenvalue weighted by Crippen LogP contribution is 2.38. The van der Waals surface area contributed by atoms with Crippen molar-refractivity contribution in [2.75, 3.05) is 21.3 Å². The van der Waals surface area contributed by atoms with E-state index in [0.29, 0.717) is 34.6 Å². The first-order valence-corrected chi connectivity index (χ1v) is 10.7. The summed E-state index contributed by atoms with van der Waals surface area (Å²) in [6.45, 7) is 0.367. The number of para-hydroxylation sites is 1. The SMILES string of the molecule is COc1cc(C=Cc2ccc3cccc(OCc4ccccc4Cl)c3n2)cc(OC)c1OC. The van der Waals surface area contributed by atoms with Gasteiger partial charge in [0.1, 0.15) is 17.9 Å². The van der Waals surface area contributed by atoms with Crippen LogP contribution in [0.3, 0.4) is 0 Å². The molecule has 0 spiro atoms. The van der Waals surface area contributed by atoms with Crippen LogP contribution in [0.25, 0.3) is 23.1 Å². The maximum Gasteiger partial charge on any atom is 0.203 e. The third-order valence-electron chi connectivity index (χ3n) is 5.18. The number of halogens is 1. The Bertz CT molecular complexity index is 1280. The van der Waals surface area contributed by atoms with Crippen LogP contribution in [0.1, 0.15) is 16.8 Å². The topological polar surface area (TPSA) is 49.8 Å². The number of pyridine rings is 1. The summed E-state index contributed by atoms with van der Waals surface area (Å²) in [4.78, 5) is 4.81. The fraction of sp³-hybridized carbons (Fsp3) is 0.148. The minimum atomic E-state index is 0.367. The Hall–Kier alpha value is -3.70. The van der Waals surface area contributed by atoms with Crippen molar-refractivity contribution in [1.29, 1.82) is 0 Å². The van der Waals surface area contributed by atoms with Crippen LogP contribution in [0, 0.1) is 0 Å². The molecule has 0 saturated carbocycles. The molecule has 33 heavy (non-hydrogen) atoms. The maximum absolute atomic E-state index is 6.27. The monoisotopic (exact) mass is 461 g/mol. The standard InChI is InChI=1S/C27H24ClNO4/c1-30-24-15-18(16-25(31-2)27(24)32-3)11-13-21-14-12-19-8-6-10-23(26(19)29-21)33-17-20-7-4-5-9-22(20)28/h4-16H,17H2,1-3H3. The molecule has 0 N–H and O–H groups in total. The highest BCUT2D eigenvalue weighted by atomic mass is 35.5. The molecule has 1 aromatic heterocycles. The van der Waals surface area contributed by atoms with Crippen LogP contribution in [-0.2, 0) is 6.61 Å². The van der Waals surface area contributed by atoms with Crippen LogP contribution in [0.15, 0.2) is 66.7 Å². The van der Waals surface area contributed by atoms with Crippen molar-refractivity contribution in [2.24, 2.45) is 0 Å². The van der Waals surface area contributed by atoms with Gasteiger partial charge in [0.15, 0.2) is 11.5 Å². The number of aromatic nitrogens is 1. The number of benzene rings is 3. The van der Waals surface area contributed by atoms with Gasteiger partial charge in [0.05, 0.1) is 27.0 Å². The van der Waals surface area contributed by atoms with Crippen LogP contribution >= 0.6 is 11.6 Å². The van der Waals surface area contributed by atoms with Crippen LogP contribution in [0.4, 0.5) is 0 Å². The molecule has 6 heteroatoms. The zero-order chi connectivity index (χ0) is 23.2. The van der Waals surface area contributed by atoms with Crippen LogP contribution < -0.4 is 18.9 Å². The van der Waals surface area contributed by atoms with E-state index in [1.54, 1.807) is 21.3 Å². The summed E-state index contributed by atoms with van der Waals surface area (Å²) in [6, 6.07) is 21.3. The molecule has 0 radical (unpaired) electrons. The van der Waals surface area contributed by atoms with Gasteiger partial charge in [-0.05, 0) is 42.0 Å². The number of nitrogens with zero attached hydrogens (tertiary/aromatic N) is 1. The lowest BCUT2D eigenvalue weighted by Gasteiger charge is -2.13. The molecule has 3 aromatic carbocycles. The molecule has 4 rings (SSSR count). The molecule has 0 atom stereocenters. The zero-order valence-corrected chi connectivity index (χ0v) is 19.4. The average Bonchev–Trinajstić information content (AvgIpc) is 2.86. The van der Waals surface area contributed by atoms with Crippen molar-refractivity contribution in [3.8, 4) is 23.0 Å². The summed E-state index contributed by atoms with van der Waals surface area (Å²) in [5.74, 6) is 2.45. The van der Waals surface area contributed by atoms with Crippen molar-refractivity contribution < 1.29 is 18.9 Å². The van der Waals surface area contributed by atoms with E-state index in [9.17, 15) is 0 Å². The Morgan fingerprint density at radius 1 is 0.788 bits per heavy atom. The van der Waals surface area contributed by atoms with Gasteiger partial charge in [-0.3, -0.25) is 0 Å². The van der Waals surface area contributed by atoms with Crippen molar-refractivity contribution in [3.05, 3.63) is 88.6 Å². The lowest BCUT2D eigenvalue weighted by Crippen LogP contribution is -1.98. The molecule has 0 aliphatic heterocycles. The van der Waals surface area contributed by atoms with Crippen LogP contribution in [-0.4, -0.2) is 26.3 Å². The van der Waals surface area contributed by atoms with E-state index in [2.05, 4.69) is 0 Å². The Balaban J connectivity index is 1.62. The predicted octanol–water partition coefficient (Wildman–Crippen LogP) is 6.66. The van der Waals surface area contributed by atoms with E-state index < -0.39 is 0 Å². The van der Waals surface area contributed by atoms with Gasteiger partial charge in [-0.2, -0.15) is 0 Å². The fourth-order valence-corrected chi connectivity index (χ4v) is 3.68. The number of hydrogen-bond donors (Lipinski definition) is 0. The first-order valence-electron chi connectivity index (χ1n) is 10.4. The second kappa shape index (κ2) is 10.3. The summed E-state index contributed by atoms with van der Waals surface area (Å²) in [7, 11) is 4.78. The summed E-state index contributed by atoms with van der Waals surface area (Å²) in [5, 5.41) is 1.68. The Kier molecular flexibility index (Phi) is 7.01. The summed E-state index contributed by atoms with van der Waals surface area (Å²) in [6.07, 6.45) is 3.89. The Morgan fingerprint density at radius 2 is 1.55 bits per heavy atom. The smallest absolute Gasteiger partial charge is 0.203 e. The molecule has 0 aliphatic carbocycles. The average molecular weight is 462 g/mol. The zero-order valence-electron chi connectivity index (χ0n) is 18.7. The molecular formula is C27H24ClNO4. The predicted molar refractivity (Wildman–Crippen MR) is 133 cm³/mol. The largest absolute Gasteiger partial charge is 0.493 e. The van der Waals surface area contributed by atoms with Crippen LogP contribution in [0.5, 0.6) is 23.0 Å². The van der Waals surface area contributed by atoms with E-state index in [1.165, 1.54) is 0 Å². The molecule has 1 heterocycles. The summed E-state index contributed by atoms with van der Waals surface area (Å²) in [5.41, 5.74) is 3.41. The van der Waals surface area contributed by atoms with Gasteiger partial charge >= 0.3 is 0 Å². The molecule has 4 aromatic rings. The third-order valence-corrected chi connectivity index (χ3v) is 5.55. The van der Waals surface area contributed by atoms with E-state index >= 15 is 0 Å². The van der Waals surface area contributed by atoms with Crippen LogP contribution in [0.2, 0.25) is 5.02 Å². The first-order chi connectivity index (χ1) is 16.1. The molecule has 168 valence electrons. The minimum Gasteiger partial charge on any atom is -0.493 e. The Labute approximate surface area is 198 Å². The van der Waals surface area contributed by atoms with Crippen molar-refractivity contribution in [1.82, 2.24) is 4.98 Å². The molecule has 0 saturated heterocycles. The summed E-state index contributed by atoms with van der Waals surface area (Å²) < 4.78 is 22.3. The number of methoxy groups -OCH3 is 3. The highest BCUT2D eigenvalue weighted by molar-refractivity contribution is 6.31. The molecule has 5 nitrogen and oxygen atoms in total. The van der Waals surface area contributed by atoms with Gasteiger partial charge in [0, 0.05) is 16.0 Å². The summed E-state index contributed by atoms with van der Waals surface area (Å²) >= 11 is 6.27. The fourth-order valence-electron chi connectivity index (χ4n) is 3.49. The minimum absolute atomic E-state index is 0.367. The molecule has 0 aliphatic rings. The van der Waals surface area contributed by atoms with Gasteiger partial charge in [0.2, 0.25) is 5.75 Å². The highest BCUT2D eigenvalue weighted by Gasteiger charge is 2.12. The number of rotatable bonds is 8. The quantitative estimate of drug-likeness (QED) is 0.293. The van der Waals surface area contributed by atoms with Crippen molar-refractivity contribution in [3.63, 3.8) is 0 Å². The second-order valence-corrected chi connectivity index (χ2v) is 7.64. The number of ether oxygens (including phenoxy) is 4. The first kappa shape index (κ1) is 22.5. The van der Waals surface area contributed by atoms with Gasteiger partial charge in [-0.1, -0.05) is 54.1 Å². The van der Waals surface area contributed by atoms with E-state index in [4.69, 9.17) is 35.5 Å². The number of hydrogen-bond acceptors (Lipinski definition) is 5. The molecule has 0 bridgehead atoms. The van der Waals surface area contributed by atoms with Gasteiger partial charge < -0.3 is 18.9 Å². The lowest BCUT2D eigenvalue weighted by atomic mass is 10.1. The molecular weight excluding hydrogens is 438 g/mol. The van der Waals surface area contributed by atoms with Gasteiger partial charge in [-0.15, -0.1) is 0 Å². The number of fused-ring (bicyclic) bond motifs is 1. The van der Waals surface area contributed by atoms with E-state index in [1.807, 2.05) is 78.9 Å². The van der Waals surface area contributed by atoms with E-state index in [0.717, 1.165) is 27.7 Å². The van der Waals surface area contributed by atoms with Gasteiger partial charge in [0.25, 0.3) is 0 Å². The molecule has 0 amide bonds. The van der Waals surface area contributed by atoms with Gasteiger partial charge in [-0.25, -0.2) is 4.98 Å².